The summed E-state index contributed by atoms with van der Waals surface area (Å²) in [7, 11) is 3.53. The van der Waals surface area contributed by atoms with E-state index < -0.39 is 0 Å². The molecular formula is C30H46O2. The monoisotopic (exact) mass is 438 g/mol. The van der Waals surface area contributed by atoms with Crippen molar-refractivity contribution in [3.8, 4) is 11.5 Å². The Morgan fingerprint density at radius 3 is 1.38 bits per heavy atom. The zero-order chi connectivity index (χ0) is 24.5. The number of rotatable bonds is 7. The first-order valence-electron chi connectivity index (χ1n) is 11.9. The zero-order valence-electron chi connectivity index (χ0n) is 22.7. The van der Waals surface area contributed by atoms with Gasteiger partial charge in [-0.3, -0.25) is 0 Å². The second kappa shape index (κ2) is 9.12. The summed E-state index contributed by atoms with van der Waals surface area (Å²) in [5, 5.41) is 0. The molecule has 178 valence electrons. The molecule has 0 fully saturated rings. The Labute approximate surface area is 197 Å². The van der Waals surface area contributed by atoms with E-state index >= 15 is 0 Å². The van der Waals surface area contributed by atoms with Gasteiger partial charge in [0.15, 0.2) is 0 Å². The molecule has 0 radical (unpaired) electrons. The molecule has 2 heteroatoms. The van der Waals surface area contributed by atoms with Gasteiger partial charge in [0.2, 0.25) is 0 Å². The molecule has 0 N–H and O–H groups in total. The molecule has 0 aliphatic rings. The second-order valence-electron chi connectivity index (χ2n) is 12.6. The Bertz CT molecular complexity index is 904. The van der Waals surface area contributed by atoms with Gasteiger partial charge >= 0.3 is 0 Å². The van der Waals surface area contributed by atoms with Crippen molar-refractivity contribution in [1.29, 1.82) is 0 Å². The van der Waals surface area contributed by atoms with Gasteiger partial charge in [0.25, 0.3) is 0 Å². The average molecular weight is 439 g/mol. The first kappa shape index (κ1) is 26.3. The number of ether oxygens (including phenoxy) is 2. The summed E-state index contributed by atoms with van der Waals surface area (Å²) < 4.78 is 11.7. The highest BCUT2D eigenvalue weighted by atomic mass is 16.5. The van der Waals surface area contributed by atoms with Crippen LogP contribution < -0.4 is 9.47 Å². The molecule has 0 aromatic heterocycles. The van der Waals surface area contributed by atoms with Gasteiger partial charge in [0.1, 0.15) is 11.5 Å². The summed E-state index contributed by atoms with van der Waals surface area (Å²) in [5.74, 6) is 1.89. The Morgan fingerprint density at radius 1 is 0.531 bits per heavy atom. The lowest BCUT2D eigenvalue weighted by molar-refractivity contribution is 0.345. The molecule has 2 nitrogen and oxygen atoms in total. The van der Waals surface area contributed by atoms with Crippen LogP contribution in [0.1, 0.15) is 104 Å². The minimum Gasteiger partial charge on any atom is -0.496 e. The molecule has 0 unspecified atom stereocenters. The Hall–Kier alpha value is -1.96. The minimum atomic E-state index is -0.0440. The molecule has 0 amide bonds. The molecule has 0 bridgehead atoms. The van der Waals surface area contributed by atoms with Crippen molar-refractivity contribution in [3.05, 3.63) is 58.7 Å². The SMILES string of the molecule is COc1cc(C(C)(C)CCC(C)(C)c2ccc(C(C)(C)C)cc2)c(OC)cc1C(C)(C)C. The Kier molecular flexibility index (Phi) is 7.49. The van der Waals surface area contributed by atoms with Crippen LogP contribution in [0.4, 0.5) is 0 Å². The highest BCUT2D eigenvalue weighted by Gasteiger charge is 2.32. The van der Waals surface area contributed by atoms with Gasteiger partial charge in [0.05, 0.1) is 14.2 Å². The highest BCUT2D eigenvalue weighted by Crippen LogP contribution is 2.44. The van der Waals surface area contributed by atoms with Crippen molar-refractivity contribution in [1.82, 2.24) is 0 Å². The van der Waals surface area contributed by atoms with E-state index in [2.05, 4.69) is 106 Å². The Morgan fingerprint density at radius 2 is 0.938 bits per heavy atom. The minimum absolute atomic E-state index is 0.0114. The van der Waals surface area contributed by atoms with E-state index in [0.29, 0.717) is 0 Å². The molecule has 0 saturated carbocycles. The van der Waals surface area contributed by atoms with Crippen molar-refractivity contribution < 1.29 is 9.47 Å². The van der Waals surface area contributed by atoms with E-state index in [-0.39, 0.29) is 21.7 Å². The fraction of sp³-hybridized carbons (Fsp3) is 0.600. The van der Waals surface area contributed by atoms with Crippen LogP contribution >= 0.6 is 0 Å². The maximum Gasteiger partial charge on any atom is 0.123 e. The molecule has 0 aliphatic heterocycles. The van der Waals surface area contributed by atoms with Gasteiger partial charge in [-0.25, -0.2) is 0 Å². The largest absolute Gasteiger partial charge is 0.496 e. The first-order valence-corrected chi connectivity index (χ1v) is 11.9. The van der Waals surface area contributed by atoms with Crippen LogP contribution in [0.25, 0.3) is 0 Å². The van der Waals surface area contributed by atoms with E-state index in [1.807, 2.05) is 0 Å². The molecule has 0 aliphatic carbocycles. The molecule has 2 aromatic carbocycles. The zero-order valence-corrected chi connectivity index (χ0v) is 22.7. The summed E-state index contributed by atoms with van der Waals surface area (Å²) in [4.78, 5) is 0. The van der Waals surface area contributed by atoms with Crippen molar-refractivity contribution in [2.24, 2.45) is 0 Å². The molecule has 32 heavy (non-hydrogen) atoms. The predicted molar refractivity (Wildman–Crippen MR) is 139 cm³/mol. The topological polar surface area (TPSA) is 18.5 Å². The van der Waals surface area contributed by atoms with Gasteiger partial charge in [-0.2, -0.15) is 0 Å². The van der Waals surface area contributed by atoms with Gasteiger partial charge < -0.3 is 9.47 Å². The maximum absolute atomic E-state index is 5.87. The maximum atomic E-state index is 5.87. The second-order valence-corrected chi connectivity index (χ2v) is 12.6. The van der Waals surface area contributed by atoms with Gasteiger partial charge in [0, 0.05) is 11.1 Å². The normalized spacial score (nSPS) is 13.2. The van der Waals surface area contributed by atoms with Crippen molar-refractivity contribution in [2.75, 3.05) is 14.2 Å². The predicted octanol–water partition coefficient (Wildman–Crippen LogP) is 8.33. The number of methoxy groups -OCH3 is 2. The van der Waals surface area contributed by atoms with Crippen LogP contribution in [-0.4, -0.2) is 14.2 Å². The molecule has 0 saturated heterocycles. The third kappa shape index (κ3) is 5.88. The molecular weight excluding hydrogens is 392 g/mol. The van der Waals surface area contributed by atoms with E-state index in [4.69, 9.17) is 9.47 Å². The Balaban J connectivity index is 2.32. The van der Waals surface area contributed by atoms with Crippen LogP contribution in [0.2, 0.25) is 0 Å². The van der Waals surface area contributed by atoms with Crippen LogP contribution in [0, 0.1) is 0 Å². The van der Waals surface area contributed by atoms with E-state index in [1.165, 1.54) is 22.3 Å². The summed E-state index contributed by atoms with van der Waals surface area (Å²) in [6.07, 6.45) is 2.14. The summed E-state index contributed by atoms with van der Waals surface area (Å²) in [6.45, 7) is 22.8. The quantitative estimate of drug-likeness (QED) is 0.432. The van der Waals surface area contributed by atoms with Crippen molar-refractivity contribution in [2.45, 2.75) is 104 Å². The molecule has 2 aromatic rings. The van der Waals surface area contributed by atoms with Crippen LogP contribution in [0.5, 0.6) is 11.5 Å². The number of hydrogen-bond donors (Lipinski definition) is 0. The molecule has 2 rings (SSSR count). The summed E-state index contributed by atoms with van der Waals surface area (Å²) in [5.41, 5.74) is 5.39. The molecule has 0 spiro atoms. The van der Waals surface area contributed by atoms with E-state index in [0.717, 1.165) is 24.3 Å². The van der Waals surface area contributed by atoms with E-state index in [1.54, 1.807) is 14.2 Å². The van der Waals surface area contributed by atoms with Crippen LogP contribution in [-0.2, 0) is 21.7 Å². The smallest absolute Gasteiger partial charge is 0.123 e. The number of hydrogen-bond acceptors (Lipinski definition) is 2. The third-order valence-corrected chi connectivity index (χ3v) is 6.97. The van der Waals surface area contributed by atoms with Crippen LogP contribution in [0.15, 0.2) is 36.4 Å². The van der Waals surface area contributed by atoms with Gasteiger partial charge in [-0.1, -0.05) is 93.5 Å². The lowest BCUT2D eigenvalue weighted by Gasteiger charge is -2.34. The summed E-state index contributed by atoms with van der Waals surface area (Å²) in [6, 6.07) is 13.6. The highest BCUT2D eigenvalue weighted by molar-refractivity contribution is 5.52. The standard InChI is InChI=1S/C30H46O2/c1-27(2,3)21-13-15-22(16-14-21)29(7,8)17-18-30(9,10)24-20-25(31-11)23(28(4,5)6)19-26(24)32-12/h13-16,19-20H,17-18H2,1-12H3. The van der Waals surface area contributed by atoms with Crippen molar-refractivity contribution >= 4 is 0 Å². The fourth-order valence-electron chi connectivity index (χ4n) is 4.34. The average Bonchev–Trinajstić information content (AvgIpc) is 2.70. The van der Waals surface area contributed by atoms with Gasteiger partial charge in [-0.15, -0.1) is 0 Å². The van der Waals surface area contributed by atoms with Gasteiger partial charge in [-0.05, 0) is 57.8 Å². The van der Waals surface area contributed by atoms with Crippen molar-refractivity contribution in [3.63, 3.8) is 0 Å². The number of benzene rings is 2. The lowest BCUT2D eigenvalue weighted by Crippen LogP contribution is -2.25. The van der Waals surface area contributed by atoms with E-state index in [9.17, 15) is 0 Å². The fourth-order valence-corrected chi connectivity index (χ4v) is 4.34. The first-order chi connectivity index (χ1) is 14.5. The third-order valence-electron chi connectivity index (χ3n) is 6.97. The summed E-state index contributed by atoms with van der Waals surface area (Å²) >= 11 is 0. The lowest BCUT2D eigenvalue weighted by atomic mass is 9.71. The molecule has 0 atom stereocenters. The molecule has 0 heterocycles. The van der Waals surface area contributed by atoms with Crippen LogP contribution in [0.3, 0.4) is 0 Å².